The number of amides is 4. The van der Waals surface area contributed by atoms with Crippen molar-refractivity contribution in [3.8, 4) is 0 Å². The molecule has 0 aromatic heterocycles. The first-order chi connectivity index (χ1) is 16.1. The average molecular weight is 477 g/mol. The van der Waals surface area contributed by atoms with E-state index in [1.165, 1.54) is 12.1 Å². The van der Waals surface area contributed by atoms with E-state index in [2.05, 4.69) is 0 Å². The predicted molar refractivity (Wildman–Crippen MR) is 126 cm³/mol. The summed E-state index contributed by atoms with van der Waals surface area (Å²) in [5, 5.41) is 0. The maximum atomic E-state index is 13.6. The molecule has 9 heteroatoms. The zero-order chi connectivity index (χ0) is 24.8. The van der Waals surface area contributed by atoms with Gasteiger partial charge in [0.05, 0.1) is 19.3 Å². The van der Waals surface area contributed by atoms with Crippen molar-refractivity contribution in [3.05, 3.63) is 35.6 Å². The second kappa shape index (κ2) is 11.6. The van der Waals surface area contributed by atoms with E-state index in [1.807, 2.05) is 13.8 Å². The van der Waals surface area contributed by atoms with Crippen LogP contribution in [0.1, 0.15) is 32.3 Å². The third-order valence-electron chi connectivity index (χ3n) is 6.30. The molecule has 0 N–H and O–H groups in total. The van der Waals surface area contributed by atoms with Crippen molar-refractivity contribution >= 4 is 17.8 Å². The Labute approximate surface area is 201 Å². The Morgan fingerprint density at radius 2 is 1.85 bits per heavy atom. The van der Waals surface area contributed by atoms with Crippen molar-refractivity contribution in [1.29, 1.82) is 0 Å². The van der Waals surface area contributed by atoms with E-state index in [4.69, 9.17) is 4.74 Å². The number of urea groups is 1. The largest absolute Gasteiger partial charge is 0.370 e. The summed E-state index contributed by atoms with van der Waals surface area (Å²) in [6.07, 6.45) is 0.786. The van der Waals surface area contributed by atoms with Gasteiger partial charge < -0.3 is 24.3 Å². The molecule has 1 aromatic carbocycles. The van der Waals surface area contributed by atoms with E-state index < -0.39 is 0 Å². The summed E-state index contributed by atoms with van der Waals surface area (Å²) in [6.45, 7) is 6.67. The SMILES string of the molecule is CC(C)CN1C[C@H](OCc2cccc(F)c2)CN(C(=O)C2CCN(C(=O)N(C)C)CC2)CC1=O. The van der Waals surface area contributed by atoms with Gasteiger partial charge >= 0.3 is 6.03 Å². The summed E-state index contributed by atoms with van der Waals surface area (Å²) < 4.78 is 19.7. The molecule has 2 aliphatic rings. The van der Waals surface area contributed by atoms with Gasteiger partial charge in [-0.25, -0.2) is 9.18 Å². The molecule has 188 valence electrons. The van der Waals surface area contributed by atoms with Crippen molar-refractivity contribution in [2.45, 2.75) is 39.4 Å². The molecule has 0 aliphatic carbocycles. The Morgan fingerprint density at radius 1 is 1.15 bits per heavy atom. The number of halogens is 1. The number of ether oxygens (including phenoxy) is 1. The van der Waals surface area contributed by atoms with Crippen LogP contribution in [-0.4, -0.2) is 96.9 Å². The summed E-state index contributed by atoms with van der Waals surface area (Å²) >= 11 is 0. The monoisotopic (exact) mass is 476 g/mol. The quantitative estimate of drug-likeness (QED) is 0.632. The molecule has 2 saturated heterocycles. The molecule has 2 fully saturated rings. The molecule has 1 atom stereocenters. The van der Waals surface area contributed by atoms with Gasteiger partial charge in [-0.3, -0.25) is 9.59 Å². The molecule has 8 nitrogen and oxygen atoms in total. The molecule has 2 aliphatic heterocycles. The lowest BCUT2D eigenvalue weighted by Crippen LogP contribution is -2.48. The highest BCUT2D eigenvalue weighted by Crippen LogP contribution is 2.22. The lowest BCUT2D eigenvalue weighted by atomic mass is 9.95. The Balaban J connectivity index is 1.67. The summed E-state index contributed by atoms with van der Waals surface area (Å²) in [5.74, 6) is -0.405. The first-order valence-corrected chi connectivity index (χ1v) is 12.0. The zero-order valence-electron chi connectivity index (χ0n) is 20.7. The van der Waals surface area contributed by atoms with Gasteiger partial charge in [0.1, 0.15) is 5.82 Å². The smallest absolute Gasteiger partial charge is 0.319 e. The van der Waals surface area contributed by atoms with E-state index >= 15 is 0 Å². The van der Waals surface area contributed by atoms with Crippen molar-refractivity contribution in [3.63, 3.8) is 0 Å². The number of likely N-dealkylation sites (tertiary alicyclic amines) is 1. The summed E-state index contributed by atoms with van der Waals surface area (Å²) in [6, 6.07) is 6.20. The van der Waals surface area contributed by atoms with Crippen LogP contribution < -0.4 is 0 Å². The van der Waals surface area contributed by atoms with Crippen LogP contribution in [0.15, 0.2) is 24.3 Å². The van der Waals surface area contributed by atoms with Gasteiger partial charge in [0.25, 0.3) is 0 Å². The van der Waals surface area contributed by atoms with Gasteiger partial charge in [-0.2, -0.15) is 0 Å². The molecule has 34 heavy (non-hydrogen) atoms. The molecule has 0 spiro atoms. The van der Waals surface area contributed by atoms with Crippen LogP contribution in [0.5, 0.6) is 0 Å². The van der Waals surface area contributed by atoms with Crippen LogP contribution >= 0.6 is 0 Å². The van der Waals surface area contributed by atoms with Crippen molar-refractivity contribution in [2.24, 2.45) is 11.8 Å². The molecule has 0 saturated carbocycles. The van der Waals surface area contributed by atoms with Crippen LogP contribution in [0, 0.1) is 17.7 Å². The maximum Gasteiger partial charge on any atom is 0.319 e. The number of carbonyl (C=O) groups is 3. The number of benzene rings is 1. The van der Waals surface area contributed by atoms with Gasteiger partial charge in [-0.1, -0.05) is 26.0 Å². The van der Waals surface area contributed by atoms with Gasteiger partial charge in [-0.05, 0) is 36.5 Å². The standard InChI is InChI=1S/C25H37FN4O4/c1-18(2)13-29-14-22(34-17-19-6-5-7-21(26)12-19)15-30(16-23(29)31)24(32)20-8-10-28(11-9-20)25(33)27(3)4/h5-7,12,18,20,22H,8-11,13-17H2,1-4H3/t22-/m0/s1. The molecule has 2 heterocycles. The molecular formula is C25H37FN4O4. The maximum absolute atomic E-state index is 13.6. The number of hydrogen-bond donors (Lipinski definition) is 0. The first-order valence-electron chi connectivity index (χ1n) is 12.0. The van der Waals surface area contributed by atoms with Gasteiger partial charge in [0.15, 0.2) is 0 Å². The van der Waals surface area contributed by atoms with E-state index in [9.17, 15) is 18.8 Å². The van der Waals surface area contributed by atoms with E-state index in [1.54, 1.807) is 45.8 Å². The lowest BCUT2D eigenvalue weighted by Gasteiger charge is -2.35. The molecule has 0 bridgehead atoms. The third kappa shape index (κ3) is 6.91. The van der Waals surface area contributed by atoms with E-state index in [0.717, 1.165) is 0 Å². The molecular weight excluding hydrogens is 439 g/mol. The van der Waals surface area contributed by atoms with Crippen LogP contribution in [0.4, 0.5) is 9.18 Å². The second-order valence-electron chi connectivity index (χ2n) is 9.91. The predicted octanol–water partition coefficient (Wildman–Crippen LogP) is 2.43. The number of nitrogens with zero attached hydrogens (tertiary/aromatic N) is 4. The summed E-state index contributed by atoms with van der Waals surface area (Å²) in [4.78, 5) is 45.3. The number of rotatable bonds is 6. The number of carbonyl (C=O) groups excluding carboxylic acids is 3. The highest BCUT2D eigenvalue weighted by atomic mass is 19.1. The Hall–Kier alpha value is -2.68. The van der Waals surface area contributed by atoms with Crippen LogP contribution in [0.2, 0.25) is 0 Å². The van der Waals surface area contributed by atoms with Gasteiger partial charge in [0.2, 0.25) is 11.8 Å². The van der Waals surface area contributed by atoms with Crippen LogP contribution in [0.3, 0.4) is 0 Å². The minimum atomic E-state index is -0.368. The molecule has 3 rings (SSSR count). The topological polar surface area (TPSA) is 73.4 Å². The van der Waals surface area contributed by atoms with E-state index in [0.29, 0.717) is 51.1 Å². The van der Waals surface area contributed by atoms with Crippen molar-refractivity contribution in [1.82, 2.24) is 19.6 Å². The summed E-state index contributed by atoms with van der Waals surface area (Å²) in [5.41, 5.74) is 0.710. The number of hydrogen-bond acceptors (Lipinski definition) is 4. The third-order valence-corrected chi connectivity index (χ3v) is 6.30. The highest BCUT2D eigenvalue weighted by molar-refractivity contribution is 5.86. The first kappa shape index (κ1) is 25.9. The fourth-order valence-electron chi connectivity index (χ4n) is 4.57. The van der Waals surface area contributed by atoms with E-state index in [-0.39, 0.29) is 54.8 Å². The second-order valence-corrected chi connectivity index (χ2v) is 9.91. The van der Waals surface area contributed by atoms with Crippen LogP contribution in [-0.2, 0) is 20.9 Å². The average Bonchev–Trinajstić information content (AvgIpc) is 2.95. The molecule has 1 aromatic rings. The summed E-state index contributed by atoms with van der Waals surface area (Å²) in [7, 11) is 3.44. The Morgan fingerprint density at radius 3 is 2.47 bits per heavy atom. The van der Waals surface area contributed by atoms with Crippen molar-refractivity contribution in [2.75, 3.05) is 53.4 Å². The minimum Gasteiger partial charge on any atom is -0.370 e. The molecule has 0 unspecified atom stereocenters. The van der Waals surface area contributed by atoms with Crippen LogP contribution in [0.25, 0.3) is 0 Å². The fraction of sp³-hybridized carbons (Fsp3) is 0.640. The van der Waals surface area contributed by atoms with Gasteiger partial charge in [0, 0.05) is 52.7 Å². The minimum absolute atomic E-state index is 0.0300. The van der Waals surface area contributed by atoms with Gasteiger partial charge in [-0.15, -0.1) is 0 Å². The zero-order valence-corrected chi connectivity index (χ0v) is 20.7. The normalized spacial score (nSPS) is 20.0. The molecule has 0 radical (unpaired) electrons. The Kier molecular flexibility index (Phi) is 8.88. The van der Waals surface area contributed by atoms with Crippen molar-refractivity contribution < 1.29 is 23.5 Å². The highest BCUT2D eigenvalue weighted by Gasteiger charge is 2.36. The number of piperidine rings is 1. The lowest BCUT2D eigenvalue weighted by molar-refractivity contribution is -0.142. The fourth-order valence-corrected chi connectivity index (χ4v) is 4.57. The Bertz CT molecular complexity index is 870. The molecule has 4 amide bonds.